The van der Waals surface area contributed by atoms with Crippen molar-refractivity contribution in [3.8, 4) is 17.1 Å². The van der Waals surface area contributed by atoms with Crippen molar-refractivity contribution < 1.29 is 9.15 Å². The molecule has 0 aliphatic heterocycles. The molecule has 0 fully saturated rings. The number of hydrogen-bond donors (Lipinski definition) is 0. The highest BCUT2D eigenvalue weighted by atomic mass is 79.9. The number of halogens is 1. The Labute approximate surface area is 155 Å². The fourth-order valence-electron chi connectivity index (χ4n) is 2.79. The number of ether oxygens (including phenoxy) is 1. The lowest BCUT2D eigenvalue weighted by atomic mass is 10.1. The van der Waals surface area contributed by atoms with E-state index in [0.29, 0.717) is 23.3 Å². The molecule has 0 amide bonds. The monoisotopic (exact) mass is 400 g/mol. The minimum absolute atomic E-state index is 0.0351. The van der Waals surface area contributed by atoms with Gasteiger partial charge in [-0.2, -0.15) is 0 Å². The Hall–Kier alpha value is -2.07. The summed E-state index contributed by atoms with van der Waals surface area (Å²) in [4.78, 5) is 12.5. The molecule has 0 N–H and O–H groups in total. The van der Waals surface area contributed by atoms with Crippen molar-refractivity contribution >= 4 is 26.9 Å². The molecule has 3 nitrogen and oxygen atoms in total. The summed E-state index contributed by atoms with van der Waals surface area (Å²) >= 11 is 3.44. The number of hydrogen-bond acceptors (Lipinski definition) is 3. The van der Waals surface area contributed by atoms with Crippen LogP contribution in [0.25, 0.3) is 22.3 Å². The molecule has 0 aliphatic carbocycles. The first kappa shape index (κ1) is 17.7. The molecule has 0 spiro atoms. The summed E-state index contributed by atoms with van der Waals surface area (Å²) in [6.45, 7) is 2.61. The minimum atomic E-state index is -0.0351. The van der Waals surface area contributed by atoms with Gasteiger partial charge in [-0.25, -0.2) is 0 Å². The highest BCUT2D eigenvalue weighted by Crippen LogP contribution is 2.29. The Kier molecular flexibility index (Phi) is 5.92. The molecule has 4 heteroatoms. The van der Waals surface area contributed by atoms with Crippen LogP contribution >= 0.6 is 15.9 Å². The van der Waals surface area contributed by atoms with E-state index in [1.165, 1.54) is 0 Å². The fourth-order valence-corrected chi connectivity index (χ4v) is 3.19. The summed E-state index contributed by atoms with van der Waals surface area (Å²) in [5, 5.41) is 1.61. The Morgan fingerprint density at radius 2 is 1.84 bits per heavy atom. The molecule has 0 radical (unpaired) electrons. The molecule has 0 saturated heterocycles. The largest absolute Gasteiger partial charge is 0.493 e. The molecule has 3 rings (SSSR count). The molecule has 0 bridgehead atoms. The number of rotatable bonds is 7. The van der Waals surface area contributed by atoms with Gasteiger partial charge in [0.05, 0.1) is 12.0 Å². The van der Waals surface area contributed by atoms with Crippen LogP contribution in [0.2, 0.25) is 0 Å². The quantitative estimate of drug-likeness (QED) is 0.376. The van der Waals surface area contributed by atoms with Crippen molar-refractivity contribution in [2.24, 2.45) is 0 Å². The van der Waals surface area contributed by atoms with Crippen molar-refractivity contribution in [2.75, 3.05) is 11.9 Å². The topological polar surface area (TPSA) is 39.4 Å². The van der Waals surface area contributed by atoms with Crippen LogP contribution < -0.4 is 10.2 Å². The summed E-state index contributed by atoms with van der Waals surface area (Å²) < 4.78 is 12.0. The maximum Gasteiger partial charge on any atom is 0.193 e. The van der Waals surface area contributed by atoms with E-state index < -0.39 is 0 Å². The van der Waals surface area contributed by atoms with Crippen molar-refractivity contribution in [3.63, 3.8) is 0 Å². The lowest BCUT2D eigenvalue weighted by Crippen LogP contribution is -2.04. The highest BCUT2D eigenvalue weighted by Gasteiger charge is 2.12. The van der Waals surface area contributed by atoms with E-state index in [2.05, 4.69) is 15.9 Å². The molecular weight excluding hydrogens is 380 g/mol. The molecule has 1 aromatic heterocycles. The second-order valence-corrected chi connectivity index (χ2v) is 6.80. The fraction of sp³-hybridized carbons (Fsp3) is 0.286. The van der Waals surface area contributed by atoms with Gasteiger partial charge < -0.3 is 9.15 Å². The molecule has 3 aromatic rings. The van der Waals surface area contributed by atoms with E-state index in [0.717, 1.165) is 41.5 Å². The van der Waals surface area contributed by atoms with E-state index in [1.807, 2.05) is 43.3 Å². The summed E-state index contributed by atoms with van der Waals surface area (Å²) in [5.74, 6) is 1.36. The molecule has 1 heterocycles. The molecule has 0 atom stereocenters. The van der Waals surface area contributed by atoms with Gasteiger partial charge in [-0.3, -0.25) is 4.79 Å². The predicted octanol–water partition coefficient (Wildman–Crippen LogP) is 5.71. The number of fused-ring (bicyclic) bond motifs is 1. The average Bonchev–Trinajstić information content (AvgIpc) is 2.64. The second kappa shape index (κ2) is 8.34. The lowest BCUT2D eigenvalue weighted by Gasteiger charge is -2.11. The Morgan fingerprint density at radius 1 is 1.04 bits per heavy atom. The molecule has 2 aromatic carbocycles. The van der Waals surface area contributed by atoms with Gasteiger partial charge in [-0.05, 0) is 38.3 Å². The Bertz CT molecular complexity index is 900. The minimum Gasteiger partial charge on any atom is -0.493 e. The van der Waals surface area contributed by atoms with Gasteiger partial charge in [0.25, 0.3) is 0 Å². The van der Waals surface area contributed by atoms with Gasteiger partial charge in [-0.15, -0.1) is 0 Å². The van der Waals surface area contributed by atoms with Crippen LogP contribution in [0.3, 0.4) is 0 Å². The number of alkyl halides is 1. The normalized spacial score (nSPS) is 11.0. The van der Waals surface area contributed by atoms with Crippen molar-refractivity contribution in [3.05, 3.63) is 64.3 Å². The van der Waals surface area contributed by atoms with Crippen LogP contribution in [-0.2, 0) is 0 Å². The SMILES string of the molecule is Cc1c(OCCCCCBr)ccc2c(=O)cc(-c3ccccc3)oc12. The smallest absolute Gasteiger partial charge is 0.193 e. The van der Waals surface area contributed by atoms with Crippen LogP contribution in [0.1, 0.15) is 24.8 Å². The zero-order valence-electron chi connectivity index (χ0n) is 14.3. The van der Waals surface area contributed by atoms with Crippen LogP contribution in [-0.4, -0.2) is 11.9 Å². The first-order valence-corrected chi connectivity index (χ1v) is 9.64. The summed E-state index contributed by atoms with van der Waals surface area (Å²) in [6, 6.07) is 14.9. The van der Waals surface area contributed by atoms with E-state index in [-0.39, 0.29) is 5.43 Å². The van der Waals surface area contributed by atoms with Gasteiger partial charge in [0.2, 0.25) is 0 Å². The third kappa shape index (κ3) is 4.13. The maximum atomic E-state index is 12.5. The van der Waals surface area contributed by atoms with Crippen molar-refractivity contribution in [1.29, 1.82) is 0 Å². The Balaban J connectivity index is 1.92. The van der Waals surface area contributed by atoms with Gasteiger partial charge >= 0.3 is 0 Å². The van der Waals surface area contributed by atoms with Crippen molar-refractivity contribution in [2.45, 2.75) is 26.2 Å². The number of unbranched alkanes of at least 4 members (excludes halogenated alkanes) is 2. The van der Waals surface area contributed by atoms with Gasteiger partial charge in [0.15, 0.2) is 5.43 Å². The zero-order valence-corrected chi connectivity index (χ0v) is 15.8. The highest BCUT2D eigenvalue weighted by molar-refractivity contribution is 9.09. The first-order valence-electron chi connectivity index (χ1n) is 8.52. The molecular formula is C21H21BrO3. The van der Waals surface area contributed by atoms with Crippen molar-refractivity contribution in [1.82, 2.24) is 0 Å². The molecule has 0 unspecified atom stereocenters. The van der Waals surface area contributed by atoms with E-state index >= 15 is 0 Å². The number of aryl methyl sites for hydroxylation is 1. The Morgan fingerprint density at radius 3 is 2.60 bits per heavy atom. The summed E-state index contributed by atoms with van der Waals surface area (Å²) in [6.07, 6.45) is 3.29. The second-order valence-electron chi connectivity index (χ2n) is 6.00. The van der Waals surface area contributed by atoms with Gasteiger partial charge in [0.1, 0.15) is 17.1 Å². The van der Waals surface area contributed by atoms with Crippen LogP contribution in [0.15, 0.2) is 57.7 Å². The molecule has 130 valence electrons. The summed E-state index contributed by atoms with van der Waals surface area (Å²) in [7, 11) is 0. The van der Waals surface area contributed by atoms with Crippen LogP contribution in [0.4, 0.5) is 0 Å². The maximum absolute atomic E-state index is 12.5. The van der Waals surface area contributed by atoms with E-state index in [4.69, 9.17) is 9.15 Å². The number of benzene rings is 2. The molecule has 0 aliphatic rings. The third-order valence-electron chi connectivity index (χ3n) is 4.19. The average molecular weight is 401 g/mol. The van der Waals surface area contributed by atoms with E-state index in [9.17, 15) is 4.79 Å². The van der Waals surface area contributed by atoms with Gasteiger partial charge in [0, 0.05) is 22.5 Å². The van der Waals surface area contributed by atoms with Gasteiger partial charge in [-0.1, -0.05) is 46.3 Å². The van der Waals surface area contributed by atoms with Crippen LogP contribution in [0.5, 0.6) is 5.75 Å². The summed E-state index contributed by atoms with van der Waals surface area (Å²) in [5.41, 5.74) is 2.33. The third-order valence-corrected chi connectivity index (χ3v) is 4.75. The molecule has 25 heavy (non-hydrogen) atoms. The predicted molar refractivity (Wildman–Crippen MR) is 106 cm³/mol. The lowest BCUT2D eigenvalue weighted by molar-refractivity contribution is 0.304. The first-order chi connectivity index (χ1) is 12.2. The standard InChI is InChI=1S/C21H21BrO3/c1-15-19(24-13-7-3-6-12-22)11-10-17-18(23)14-20(25-21(15)17)16-8-4-2-5-9-16/h2,4-5,8-11,14H,3,6-7,12-13H2,1H3. The van der Waals surface area contributed by atoms with E-state index in [1.54, 1.807) is 12.1 Å². The zero-order chi connectivity index (χ0) is 17.6. The molecule has 0 saturated carbocycles. The van der Waals surface area contributed by atoms with Crippen LogP contribution in [0, 0.1) is 6.92 Å².